The summed E-state index contributed by atoms with van der Waals surface area (Å²) in [6, 6.07) is 14.2. The number of hydrogen-bond acceptors (Lipinski definition) is 3. The summed E-state index contributed by atoms with van der Waals surface area (Å²) in [5.74, 6) is 0.925. The number of nitrogens with one attached hydrogen (secondary N) is 1. The van der Waals surface area contributed by atoms with Crippen LogP contribution in [-0.4, -0.2) is 24.3 Å². The summed E-state index contributed by atoms with van der Waals surface area (Å²) in [5.41, 5.74) is 1.92. The van der Waals surface area contributed by atoms with Crippen molar-refractivity contribution in [1.29, 1.82) is 0 Å². The number of para-hydroxylation sites is 1. The number of rotatable bonds is 5. The number of fused-ring (bicyclic) bond motifs is 1. The lowest BCUT2D eigenvalue weighted by molar-refractivity contribution is 0.167. The van der Waals surface area contributed by atoms with Crippen LogP contribution in [0.15, 0.2) is 48.5 Å². The molecule has 22 heavy (non-hydrogen) atoms. The lowest BCUT2D eigenvalue weighted by Crippen LogP contribution is -2.35. The van der Waals surface area contributed by atoms with Gasteiger partial charge in [0.1, 0.15) is 11.6 Å². The summed E-state index contributed by atoms with van der Waals surface area (Å²) in [6.45, 7) is 3.17. The highest BCUT2D eigenvalue weighted by atomic mass is 19.1. The van der Waals surface area contributed by atoms with E-state index in [-0.39, 0.29) is 17.8 Å². The average molecular weight is 301 g/mol. The van der Waals surface area contributed by atoms with Crippen molar-refractivity contribution in [3.63, 3.8) is 0 Å². The molecule has 4 heteroatoms. The molecule has 2 aromatic rings. The highest BCUT2D eigenvalue weighted by Crippen LogP contribution is 2.35. The normalized spacial score (nSPS) is 19.3. The fourth-order valence-electron chi connectivity index (χ4n) is 2.84. The van der Waals surface area contributed by atoms with Crippen molar-refractivity contribution in [2.45, 2.75) is 25.0 Å². The second-order valence-electron chi connectivity index (χ2n) is 5.72. The first-order valence-corrected chi connectivity index (χ1v) is 7.54. The van der Waals surface area contributed by atoms with E-state index in [2.05, 4.69) is 18.3 Å². The van der Waals surface area contributed by atoms with E-state index in [0.717, 1.165) is 5.75 Å². The van der Waals surface area contributed by atoms with Crippen LogP contribution in [0.25, 0.3) is 0 Å². The molecular formula is C18H20FNO2. The van der Waals surface area contributed by atoms with Gasteiger partial charge in [0.2, 0.25) is 0 Å². The molecule has 0 radical (unpaired) electrons. The van der Waals surface area contributed by atoms with Crippen LogP contribution in [-0.2, 0) is 0 Å². The maximum atomic E-state index is 12.9. The summed E-state index contributed by atoms with van der Waals surface area (Å²) in [6.07, 6.45) is -0.652. The quantitative estimate of drug-likeness (QED) is 0.892. The van der Waals surface area contributed by atoms with Crippen molar-refractivity contribution in [2.75, 3.05) is 13.2 Å². The van der Waals surface area contributed by atoms with Gasteiger partial charge in [-0.25, -0.2) is 4.39 Å². The van der Waals surface area contributed by atoms with Gasteiger partial charge < -0.3 is 15.2 Å². The zero-order chi connectivity index (χ0) is 15.5. The molecule has 0 amide bonds. The topological polar surface area (TPSA) is 41.5 Å². The standard InChI is InChI=1S/C18H20FNO2/c1-12(16-11-22-18-5-3-2-4-15(16)18)20-10-17(21)13-6-8-14(19)9-7-13/h2-9,12,16-17,20-21H,10-11H2,1H3. The van der Waals surface area contributed by atoms with Crippen molar-refractivity contribution in [2.24, 2.45) is 0 Å². The first kappa shape index (κ1) is 15.0. The Balaban J connectivity index is 1.59. The number of benzene rings is 2. The van der Waals surface area contributed by atoms with Crippen molar-refractivity contribution in [1.82, 2.24) is 5.32 Å². The van der Waals surface area contributed by atoms with Crippen molar-refractivity contribution in [3.8, 4) is 5.75 Å². The Morgan fingerprint density at radius 2 is 1.95 bits per heavy atom. The van der Waals surface area contributed by atoms with Crippen LogP contribution in [0.5, 0.6) is 5.75 Å². The van der Waals surface area contributed by atoms with Gasteiger partial charge in [-0.15, -0.1) is 0 Å². The molecule has 1 aliphatic heterocycles. The maximum Gasteiger partial charge on any atom is 0.123 e. The molecular weight excluding hydrogens is 281 g/mol. The van der Waals surface area contributed by atoms with Crippen molar-refractivity contribution in [3.05, 3.63) is 65.5 Å². The van der Waals surface area contributed by atoms with Gasteiger partial charge in [0.05, 0.1) is 12.7 Å². The SMILES string of the molecule is CC(NCC(O)c1ccc(F)cc1)C1COc2ccccc21. The van der Waals surface area contributed by atoms with E-state index >= 15 is 0 Å². The van der Waals surface area contributed by atoms with Gasteiger partial charge in [-0.1, -0.05) is 30.3 Å². The van der Waals surface area contributed by atoms with Crippen LogP contribution < -0.4 is 10.1 Å². The molecule has 0 bridgehead atoms. The fraction of sp³-hybridized carbons (Fsp3) is 0.333. The molecule has 3 unspecified atom stereocenters. The monoisotopic (exact) mass is 301 g/mol. The molecule has 0 saturated carbocycles. The minimum absolute atomic E-state index is 0.179. The molecule has 3 atom stereocenters. The summed E-state index contributed by atoms with van der Waals surface area (Å²) in [7, 11) is 0. The maximum absolute atomic E-state index is 12.9. The zero-order valence-corrected chi connectivity index (χ0v) is 12.5. The predicted molar refractivity (Wildman–Crippen MR) is 83.5 cm³/mol. The molecule has 0 saturated heterocycles. The van der Waals surface area contributed by atoms with Crippen molar-refractivity contribution < 1.29 is 14.2 Å². The molecule has 1 aliphatic rings. The van der Waals surface area contributed by atoms with Gasteiger partial charge >= 0.3 is 0 Å². The molecule has 3 rings (SSSR count). The third kappa shape index (κ3) is 3.13. The van der Waals surface area contributed by atoms with E-state index < -0.39 is 6.10 Å². The van der Waals surface area contributed by atoms with Crippen LogP contribution >= 0.6 is 0 Å². The Bertz CT molecular complexity index is 629. The van der Waals surface area contributed by atoms with Gasteiger partial charge in [0, 0.05) is 24.1 Å². The number of hydrogen-bond donors (Lipinski definition) is 2. The Morgan fingerprint density at radius 3 is 2.73 bits per heavy atom. The Labute approximate surface area is 129 Å². The molecule has 0 spiro atoms. The number of halogens is 1. The van der Waals surface area contributed by atoms with E-state index in [1.165, 1.54) is 17.7 Å². The summed E-state index contributed by atoms with van der Waals surface area (Å²) >= 11 is 0. The van der Waals surface area contributed by atoms with Crippen LogP contribution in [0.2, 0.25) is 0 Å². The van der Waals surface area contributed by atoms with Crippen LogP contribution in [0.4, 0.5) is 4.39 Å². The highest BCUT2D eigenvalue weighted by molar-refractivity contribution is 5.40. The Hall–Kier alpha value is -1.91. The lowest BCUT2D eigenvalue weighted by Gasteiger charge is -2.22. The molecule has 0 aromatic heterocycles. The summed E-state index contributed by atoms with van der Waals surface area (Å²) in [4.78, 5) is 0. The van der Waals surface area contributed by atoms with Crippen LogP contribution in [0.1, 0.15) is 30.1 Å². The Morgan fingerprint density at radius 1 is 1.23 bits per heavy atom. The molecule has 2 aromatic carbocycles. The smallest absolute Gasteiger partial charge is 0.123 e. The van der Waals surface area contributed by atoms with E-state index in [9.17, 15) is 9.50 Å². The minimum atomic E-state index is -0.652. The minimum Gasteiger partial charge on any atom is -0.493 e. The van der Waals surface area contributed by atoms with E-state index in [0.29, 0.717) is 18.7 Å². The zero-order valence-electron chi connectivity index (χ0n) is 12.5. The van der Waals surface area contributed by atoms with Gasteiger partial charge in [0.15, 0.2) is 0 Å². The molecule has 0 fully saturated rings. The Kier molecular flexibility index (Phi) is 4.41. The van der Waals surface area contributed by atoms with Crippen LogP contribution in [0.3, 0.4) is 0 Å². The van der Waals surface area contributed by atoms with Gasteiger partial charge in [0.25, 0.3) is 0 Å². The highest BCUT2D eigenvalue weighted by Gasteiger charge is 2.28. The molecule has 1 heterocycles. The second-order valence-corrected chi connectivity index (χ2v) is 5.72. The number of ether oxygens (including phenoxy) is 1. The van der Waals surface area contributed by atoms with E-state index in [4.69, 9.17) is 4.74 Å². The first-order valence-electron chi connectivity index (χ1n) is 7.54. The van der Waals surface area contributed by atoms with Gasteiger partial charge in [-0.3, -0.25) is 0 Å². The largest absolute Gasteiger partial charge is 0.493 e. The summed E-state index contributed by atoms with van der Waals surface area (Å²) < 4.78 is 18.6. The number of aliphatic hydroxyl groups is 1. The molecule has 0 aliphatic carbocycles. The number of aliphatic hydroxyl groups excluding tert-OH is 1. The third-order valence-corrected chi connectivity index (χ3v) is 4.23. The first-order chi connectivity index (χ1) is 10.6. The molecule has 2 N–H and O–H groups in total. The second kappa shape index (κ2) is 6.46. The molecule has 3 nitrogen and oxygen atoms in total. The van der Waals surface area contributed by atoms with E-state index in [1.807, 2.05) is 18.2 Å². The predicted octanol–water partition coefficient (Wildman–Crippen LogP) is 3.01. The third-order valence-electron chi connectivity index (χ3n) is 4.23. The molecule has 116 valence electrons. The average Bonchev–Trinajstić information content (AvgIpc) is 2.97. The summed E-state index contributed by atoms with van der Waals surface area (Å²) in [5, 5.41) is 13.5. The van der Waals surface area contributed by atoms with Gasteiger partial charge in [-0.05, 0) is 30.7 Å². The van der Waals surface area contributed by atoms with Crippen LogP contribution in [0, 0.1) is 5.82 Å². The fourth-order valence-corrected chi connectivity index (χ4v) is 2.84. The lowest BCUT2D eigenvalue weighted by atomic mass is 9.94. The van der Waals surface area contributed by atoms with Gasteiger partial charge in [-0.2, -0.15) is 0 Å². The van der Waals surface area contributed by atoms with E-state index in [1.54, 1.807) is 12.1 Å². The van der Waals surface area contributed by atoms with Crippen molar-refractivity contribution >= 4 is 0 Å².